The number of rotatable bonds is 1. The standard InChI is InChI=1S/C9H7BrN2/c10-12-9-5-7-3-1-2-4-8(7)6-11-9/h1-6H,(H,11,12). The van der Waals surface area contributed by atoms with Crippen molar-refractivity contribution in [2.45, 2.75) is 0 Å². The maximum absolute atomic E-state index is 4.17. The molecule has 0 spiro atoms. The number of nitrogens with one attached hydrogen (secondary N) is 1. The van der Waals surface area contributed by atoms with Crippen LogP contribution in [0.25, 0.3) is 10.8 Å². The molecule has 0 radical (unpaired) electrons. The molecule has 1 aromatic heterocycles. The summed E-state index contributed by atoms with van der Waals surface area (Å²) in [5.74, 6) is 0.828. The van der Waals surface area contributed by atoms with Crippen LogP contribution in [-0.4, -0.2) is 4.98 Å². The van der Waals surface area contributed by atoms with Crippen molar-refractivity contribution in [3.63, 3.8) is 0 Å². The van der Waals surface area contributed by atoms with Gasteiger partial charge in [0.25, 0.3) is 0 Å². The molecule has 1 aromatic carbocycles. The first kappa shape index (κ1) is 7.55. The largest absolute Gasteiger partial charge is 0.307 e. The van der Waals surface area contributed by atoms with Gasteiger partial charge in [-0.3, -0.25) is 0 Å². The van der Waals surface area contributed by atoms with Gasteiger partial charge in [0.2, 0.25) is 0 Å². The van der Waals surface area contributed by atoms with E-state index in [0.717, 1.165) is 11.2 Å². The van der Waals surface area contributed by atoms with Crippen molar-refractivity contribution < 1.29 is 0 Å². The molecule has 0 unspecified atom stereocenters. The molecule has 2 rings (SSSR count). The number of anilines is 1. The minimum Gasteiger partial charge on any atom is -0.307 e. The SMILES string of the molecule is BrNc1cc2ccccc2cn1. The van der Waals surface area contributed by atoms with Gasteiger partial charge in [0.15, 0.2) is 0 Å². The van der Waals surface area contributed by atoms with Gasteiger partial charge >= 0.3 is 0 Å². The zero-order valence-corrected chi connectivity index (χ0v) is 7.88. The highest BCUT2D eigenvalue weighted by Gasteiger charge is 1.93. The summed E-state index contributed by atoms with van der Waals surface area (Å²) >= 11 is 3.13. The second-order valence-electron chi connectivity index (χ2n) is 2.51. The van der Waals surface area contributed by atoms with E-state index in [4.69, 9.17) is 0 Å². The highest BCUT2D eigenvalue weighted by Crippen LogP contribution is 2.16. The fraction of sp³-hybridized carbons (Fsp3) is 0. The van der Waals surface area contributed by atoms with E-state index in [1.54, 1.807) is 0 Å². The molecule has 0 atom stereocenters. The zero-order valence-electron chi connectivity index (χ0n) is 6.29. The molecule has 60 valence electrons. The molecular weight excluding hydrogens is 216 g/mol. The molecule has 0 bridgehead atoms. The highest BCUT2D eigenvalue weighted by atomic mass is 79.9. The first-order valence-corrected chi connectivity index (χ1v) is 4.41. The number of benzene rings is 1. The molecule has 2 aromatic rings. The molecule has 12 heavy (non-hydrogen) atoms. The Hall–Kier alpha value is -1.09. The van der Waals surface area contributed by atoms with Gasteiger partial charge in [-0.05, 0) is 11.5 Å². The van der Waals surface area contributed by atoms with E-state index < -0.39 is 0 Å². The second-order valence-corrected chi connectivity index (χ2v) is 2.91. The second kappa shape index (κ2) is 3.11. The third kappa shape index (κ3) is 1.28. The third-order valence-electron chi connectivity index (χ3n) is 1.73. The Balaban J connectivity index is 2.67. The maximum atomic E-state index is 4.17. The summed E-state index contributed by atoms with van der Waals surface area (Å²) in [6, 6.07) is 10.1. The number of halogens is 1. The summed E-state index contributed by atoms with van der Waals surface area (Å²) in [6.45, 7) is 0. The van der Waals surface area contributed by atoms with Gasteiger partial charge in [0.1, 0.15) is 5.82 Å². The normalized spacial score (nSPS) is 10.1. The molecule has 0 saturated heterocycles. The zero-order chi connectivity index (χ0) is 8.39. The minimum absolute atomic E-state index is 0.828. The van der Waals surface area contributed by atoms with Crippen molar-refractivity contribution in [1.29, 1.82) is 0 Å². The maximum Gasteiger partial charge on any atom is 0.136 e. The third-order valence-corrected chi connectivity index (χ3v) is 2.13. The van der Waals surface area contributed by atoms with Gasteiger partial charge in [-0.15, -0.1) is 0 Å². The Kier molecular flexibility index (Phi) is 1.96. The average Bonchev–Trinajstić information content (AvgIpc) is 2.17. The molecular formula is C9H7BrN2. The van der Waals surface area contributed by atoms with E-state index >= 15 is 0 Å². The van der Waals surface area contributed by atoms with Crippen LogP contribution >= 0.6 is 16.1 Å². The van der Waals surface area contributed by atoms with E-state index in [2.05, 4.69) is 31.5 Å². The van der Waals surface area contributed by atoms with Crippen LogP contribution in [0.1, 0.15) is 0 Å². The van der Waals surface area contributed by atoms with Gasteiger partial charge in [-0.2, -0.15) is 0 Å². The van der Waals surface area contributed by atoms with Crippen LogP contribution in [0.2, 0.25) is 0 Å². The van der Waals surface area contributed by atoms with Crippen molar-refractivity contribution in [3.8, 4) is 0 Å². The number of hydrogen-bond acceptors (Lipinski definition) is 2. The minimum atomic E-state index is 0.828. The Morgan fingerprint density at radius 3 is 2.67 bits per heavy atom. The van der Waals surface area contributed by atoms with Crippen LogP contribution in [0, 0.1) is 0 Å². The molecule has 0 aliphatic rings. The van der Waals surface area contributed by atoms with Crippen LogP contribution in [0.3, 0.4) is 0 Å². The lowest BCUT2D eigenvalue weighted by Crippen LogP contribution is -1.84. The summed E-state index contributed by atoms with van der Waals surface area (Å²) in [4.78, 5) is 4.17. The predicted octanol–water partition coefficient (Wildman–Crippen LogP) is 2.96. The van der Waals surface area contributed by atoms with Crippen molar-refractivity contribution in [3.05, 3.63) is 36.5 Å². The van der Waals surface area contributed by atoms with Gasteiger partial charge in [-0.25, -0.2) is 4.98 Å². The van der Waals surface area contributed by atoms with Gasteiger partial charge in [0.05, 0.1) is 0 Å². The average molecular weight is 223 g/mol. The summed E-state index contributed by atoms with van der Waals surface area (Å²) in [5.41, 5.74) is 0. The Labute approximate surface area is 79.0 Å². The fourth-order valence-corrected chi connectivity index (χ4v) is 1.35. The number of pyridine rings is 1. The van der Waals surface area contributed by atoms with Gasteiger partial charge in [-0.1, -0.05) is 24.3 Å². The monoisotopic (exact) mass is 222 g/mol. The molecule has 1 N–H and O–H groups in total. The Morgan fingerprint density at radius 2 is 1.92 bits per heavy atom. The van der Waals surface area contributed by atoms with E-state index in [0.29, 0.717) is 0 Å². The van der Waals surface area contributed by atoms with Gasteiger partial charge < -0.3 is 4.34 Å². The summed E-state index contributed by atoms with van der Waals surface area (Å²) in [6.07, 6.45) is 1.85. The number of nitrogens with zero attached hydrogens (tertiary/aromatic N) is 1. The number of aromatic nitrogens is 1. The van der Waals surface area contributed by atoms with E-state index in [-0.39, 0.29) is 0 Å². The molecule has 0 amide bonds. The molecule has 0 fully saturated rings. The summed E-state index contributed by atoms with van der Waals surface area (Å²) < 4.78 is 2.82. The topological polar surface area (TPSA) is 24.9 Å². The molecule has 3 heteroatoms. The summed E-state index contributed by atoms with van der Waals surface area (Å²) in [5, 5.41) is 2.35. The molecule has 2 nitrogen and oxygen atoms in total. The van der Waals surface area contributed by atoms with E-state index in [1.807, 2.05) is 30.5 Å². The lowest BCUT2D eigenvalue weighted by Gasteiger charge is -1.99. The molecule has 1 heterocycles. The molecule has 0 aliphatic heterocycles. The highest BCUT2D eigenvalue weighted by molar-refractivity contribution is 9.10. The van der Waals surface area contributed by atoms with Crippen LogP contribution in [0.15, 0.2) is 36.5 Å². The van der Waals surface area contributed by atoms with Crippen molar-refractivity contribution >= 4 is 32.7 Å². The van der Waals surface area contributed by atoms with Gasteiger partial charge in [0, 0.05) is 27.7 Å². The Morgan fingerprint density at radius 1 is 1.17 bits per heavy atom. The van der Waals surface area contributed by atoms with Crippen molar-refractivity contribution in [1.82, 2.24) is 4.98 Å². The smallest absolute Gasteiger partial charge is 0.136 e. The van der Waals surface area contributed by atoms with Crippen LogP contribution in [0.5, 0.6) is 0 Å². The van der Waals surface area contributed by atoms with Crippen LogP contribution < -0.4 is 4.34 Å². The quantitative estimate of drug-likeness (QED) is 0.751. The molecule has 0 aliphatic carbocycles. The lowest BCUT2D eigenvalue weighted by molar-refractivity contribution is 1.37. The lowest BCUT2D eigenvalue weighted by atomic mass is 10.2. The Bertz CT molecular complexity index is 400. The number of fused-ring (bicyclic) bond motifs is 1. The fourth-order valence-electron chi connectivity index (χ4n) is 1.14. The van der Waals surface area contributed by atoms with E-state index in [9.17, 15) is 0 Å². The first-order chi connectivity index (χ1) is 5.90. The first-order valence-electron chi connectivity index (χ1n) is 3.61. The predicted molar refractivity (Wildman–Crippen MR) is 54.3 cm³/mol. The van der Waals surface area contributed by atoms with Crippen LogP contribution in [0.4, 0.5) is 5.82 Å². The number of hydrogen-bond donors (Lipinski definition) is 1. The molecule has 0 saturated carbocycles. The van der Waals surface area contributed by atoms with E-state index in [1.165, 1.54) is 5.39 Å². The van der Waals surface area contributed by atoms with Crippen LogP contribution in [-0.2, 0) is 0 Å². The van der Waals surface area contributed by atoms with Crippen molar-refractivity contribution in [2.75, 3.05) is 4.34 Å². The summed E-state index contributed by atoms with van der Waals surface area (Å²) in [7, 11) is 0. The van der Waals surface area contributed by atoms with Crippen molar-refractivity contribution in [2.24, 2.45) is 0 Å².